The van der Waals surface area contributed by atoms with Gasteiger partial charge >= 0.3 is 7.60 Å². The molecule has 1 heterocycles. The molecule has 11 heteroatoms. The molecule has 23 heavy (non-hydrogen) atoms. The number of hydrogen-bond donors (Lipinski definition) is 4. The fourth-order valence-electron chi connectivity index (χ4n) is 1.95. The number of hydrogen-bond acceptors (Lipinski definition) is 9. The molecule has 0 saturated carbocycles. The van der Waals surface area contributed by atoms with E-state index in [4.69, 9.17) is 29.6 Å². The van der Waals surface area contributed by atoms with Gasteiger partial charge in [-0.3, -0.25) is 4.57 Å². The average Bonchev–Trinajstić information content (AvgIpc) is 2.47. The molecular formula is C12H26NO9P. The highest BCUT2D eigenvalue weighted by Crippen LogP contribution is 2.35. The first-order valence-corrected chi connectivity index (χ1v) is 9.19. The third kappa shape index (κ3) is 7.53. The van der Waals surface area contributed by atoms with Crippen molar-refractivity contribution in [3.05, 3.63) is 0 Å². The zero-order valence-corrected chi connectivity index (χ0v) is 14.1. The lowest BCUT2D eigenvalue weighted by Gasteiger charge is -2.40. The normalized spacial score (nSPS) is 34.3. The van der Waals surface area contributed by atoms with Crippen molar-refractivity contribution in [2.75, 3.05) is 46.8 Å². The van der Waals surface area contributed by atoms with E-state index < -0.39 is 38.2 Å². The van der Waals surface area contributed by atoms with Crippen LogP contribution in [0, 0.1) is 0 Å². The molecule has 6 unspecified atom stereocenters. The summed E-state index contributed by atoms with van der Waals surface area (Å²) in [6.07, 6.45) is -4.21. The van der Waals surface area contributed by atoms with Gasteiger partial charge in [-0.15, -0.1) is 0 Å². The monoisotopic (exact) mass is 359 g/mol. The summed E-state index contributed by atoms with van der Waals surface area (Å²) in [6.45, 7) is 1.52. The van der Waals surface area contributed by atoms with Crippen molar-refractivity contribution < 1.29 is 43.1 Å². The summed E-state index contributed by atoms with van der Waals surface area (Å²) < 4.78 is 36.5. The third-order valence-corrected chi connectivity index (χ3v) is 3.82. The van der Waals surface area contributed by atoms with E-state index in [-0.39, 0.29) is 26.4 Å². The lowest BCUT2D eigenvalue weighted by molar-refractivity contribution is -0.269. The highest BCUT2D eigenvalue weighted by molar-refractivity contribution is 7.51. The van der Waals surface area contributed by atoms with Crippen LogP contribution in [0.3, 0.4) is 0 Å². The van der Waals surface area contributed by atoms with E-state index in [1.54, 1.807) is 0 Å². The van der Waals surface area contributed by atoms with Crippen molar-refractivity contribution in [2.45, 2.75) is 30.6 Å². The summed E-state index contributed by atoms with van der Waals surface area (Å²) >= 11 is 0. The Balaban J connectivity index is 2.39. The van der Waals surface area contributed by atoms with Gasteiger partial charge in [-0.2, -0.15) is 0 Å². The predicted molar refractivity (Wildman–Crippen MR) is 79.0 cm³/mol. The van der Waals surface area contributed by atoms with E-state index in [9.17, 15) is 14.8 Å². The van der Waals surface area contributed by atoms with Crippen molar-refractivity contribution in [1.82, 2.24) is 0 Å². The van der Waals surface area contributed by atoms with Crippen LogP contribution in [0.4, 0.5) is 0 Å². The van der Waals surface area contributed by atoms with Gasteiger partial charge in [0.2, 0.25) is 0 Å². The Labute approximate surface area is 135 Å². The molecule has 0 aromatic heterocycles. The van der Waals surface area contributed by atoms with E-state index in [0.29, 0.717) is 6.61 Å². The highest BCUT2D eigenvalue weighted by Gasteiger charge is 2.43. The quantitative estimate of drug-likeness (QED) is 0.262. The summed E-state index contributed by atoms with van der Waals surface area (Å²) in [5.74, 6) is 0. The molecule has 1 saturated heterocycles. The third-order valence-electron chi connectivity index (χ3n) is 3.16. The Hall–Kier alpha value is -0.130. The van der Waals surface area contributed by atoms with Crippen LogP contribution in [0.25, 0.3) is 0 Å². The highest BCUT2D eigenvalue weighted by atomic mass is 31.2. The maximum absolute atomic E-state index is 10.9. The number of ether oxygens (including phenoxy) is 4. The van der Waals surface area contributed by atoms with Crippen LogP contribution in [0.15, 0.2) is 0 Å². The molecule has 138 valence electrons. The molecule has 1 rings (SSSR count). The standard InChI is InChI=1S/C12H26NO9P/c1-18-3-5-20-12-9(13)11(15)10(14)8(22-12)7-19-4-6-21-23(2,16)17/h8-12,14-15H,3-7,13H2,1-2H3,(H,16,17). The number of aliphatic hydroxyl groups is 2. The van der Waals surface area contributed by atoms with Crippen LogP contribution in [0.1, 0.15) is 0 Å². The van der Waals surface area contributed by atoms with Crippen LogP contribution in [-0.4, -0.2) is 92.6 Å². The molecule has 6 atom stereocenters. The van der Waals surface area contributed by atoms with Gasteiger partial charge in [-0.1, -0.05) is 0 Å². The van der Waals surface area contributed by atoms with Gasteiger partial charge in [0.15, 0.2) is 6.29 Å². The lowest BCUT2D eigenvalue weighted by Crippen LogP contribution is -2.62. The maximum Gasteiger partial charge on any atom is 0.325 e. The minimum atomic E-state index is -3.54. The van der Waals surface area contributed by atoms with E-state index in [0.717, 1.165) is 6.66 Å². The molecular weight excluding hydrogens is 333 g/mol. The van der Waals surface area contributed by atoms with Gasteiger partial charge < -0.3 is 44.3 Å². The smallest absolute Gasteiger partial charge is 0.325 e. The molecule has 1 fully saturated rings. The number of rotatable bonds is 10. The van der Waals surface area contributed by atoms with Gasteiger partial charge in [0.1, 0.15) is 18.3 Å². The molecule has 0 aliphatic carbocycles. The Morgan fingerprint density at radius 1 is 1.17 bits per heavy atom. The van der Waals surface area contributed by atoms with E-state index in [1.165, 1.54) is 7.11 Å². The summed E-state index contributed by atoms with van der Waals surface area (Å²) in [6, 6.07) is -0.901. The van der Waals surface area contributed by atoms with E-state index in [1.807, 2.05) is 0 Å². The Bertz CT molecular complexity index is 380. The van der Waals surface area contributed by atoms with Crippen molar-refractivity contribution in [3.8, 4) is 0 Å². The van der Waals surface area contributed by atoms with Gasteiger partial charge in [0.25, 0.3) is 0 Å². The zero-order valence-electron chi connectivity index (χ0n) is 13.2. The minimum Gasteiger partial charge on any atom is -0.388 e. The lowest BCUT2D eigenvalue weighted by atomic mass is 9.98. The molecule has 1 aliphatic heterocycles. The predicted octanol–water partition coefficient (Wildman–Crippen LogP) is -1.73. The molecule has 1 aliphatic rings. The van der Waals surface area contributed by atoms with Gasteiger partial charge in [-0.05, 0) is 0 Å². The first-order chi connectivity index (χ1) is 10.8. The Morgan fingerprint density at radius 3 is 2.48 bits per heavy atom. The first kappa shape index (κ1) is 20.9. The van der Waals surface area contributed by atoms with Crippen LogP contribution in [0.5, 0.6) is 0 Å². The fraction of sp³-hybridized carbons (Fsp3) is 1.00. The second kappa shape index (κ2) is 10.00. The van der Waals surface area contributed by atoms with Crippen LogP contribution >= 0.6 is 7.60 Å². The van der Waals surface area contributed by atoms with Crippen molar-refractivity contribution in [2.24, 2.45) is 5.73 Å². The molecule has 0 radical (unpaired) electrons. The summed E-state index contributed by atoms with van der Waals surface area (Å²) in [4.78, 5) is 8.95. The van der Waals surface area contributed by atoms with Crippen LogP contribution in [0.2, 0.25) is 0 Å². The number of methoxy groups -OCH3 is 1. The zero-order chi connectivity index (χ0) is 17.5. The van der Waals surface area contributed by atoms with Gasteiger partial charge in [0.05, 0.1) is 39.1 Å². The summed E-state index contributed by atoms with van der Waals surface area (Å²) in [5, 5.41) is 19.9. The molecule has 0 spiro atoms. The Morgan fingerprint density at radius 2 is 1.87 bits per heavy atom. The topological polar surface area (TPSA) is 150 Å². The molecule has 5 N–H and O–H groups in total. The SMILES string of the molecule is COCCOC1OC(COCCOP(C)(=O)O)C(O)C(O)C1N. The van der Waals surface area contributed by atoms with Crippen molar-refractivity contribution in [3.63, 3.8) is 0 Å². The molecule has 0 aromatic rings. The second-order valence-corrected chi connectivity index (χ2v) is 7.04. The fourth-order valence-corrected chi connectivity index (χ4v) is 2.37. The van der Waals surface area contributed by atoms with E-state index in [2.05, 4.69) is 4.52 Å². The Kier molecular flexibility index (Phi) is 9.09. The van der Waals surface area contributed by atoms with E-state index >= 15 is 0 Å². The summed E-state index contributed by atoms with van der Waals surface area (Å²) in [7, 11) is -2.03. The number of aliphatic hydroxyl groups excluding tert-OH is 2. The van der Waals surface area contributed by atoms with Gasteiger partial charge in [-0.25, -0.2) is 0 Å². The van der Waals surface area contributed by atoms with Crippen LogP contribution in [-0.2, 0) is 28.0 Å². The first-order valence-electron chi connectivity index (χ1n) is 7.16. The molecule has 0 bridgehead atoms. The number of nitrogens with two attached hydrogens (primary N) is 1. The molecule has 0 amide bonds. The minimum absolute atomic E-state index is 0.0301. The van der Waals surface area contributed by atoms with Crippen molar-refractivity contribution >= 4 is 7.60 Å². The average molecular weight is 359 g/mol. The second-order valence-electron chi connectivity index (χ2n) is 5.18. The molecule has 0 aromatic carbocycles. The maximum atomic E-state index is 10.9. The van der Waals surface area contributed by atoms with Crippen LogP contribution < -0.4 is 5.73 Å². The molecule has 10 nitrogen and oxygen atoms in total. The van der Waals surface area contributed by atoms with Crippen molar-refractivity contribution in [1.29, 1.82) is 0 Å². The summed E-state index contributed by atoms with van der Waals surface area (Å²) in [5.41, 5.74) is 5.76. The van der Waals surface area contributed by atoms with Gasteiger partial charge in [0, 0.05) is 13.8 Å². The largest absolute Gasteiger partial charge is 0.388 e.